The van der Waals surface area contributed by atoms with Crippen LogP contribution >= 0.6 is 11.6 Å². The summed E-state index contributed by atoms with van der Waals surface area (Å²) in [5.74, 6) is 0.922. The highest BCUT2D eigenvalue weighted by Gasteiger charge is 2.17. The van der Waals surface area contributed by atoms with Crippen molar-refractivity contribution in [1.82, 2.24) is 9.66 Å². The Labute approximate surface area is 232 Å². The Balaban J connectivity index is 1.47. The minimum Gasteiger partial charge on any atom is -0.493 e. The first kappa shape index (κ1) is 25.3. The number of furan rings is 1. The molecule has 7 nitrogen and oxygen atoms in total. The van der Waals surface area contributed by atoms with Gasteiger partial charge in [0.15, 0.2) is 17.3 Å². The van der Waals surface area contributed by atoms with Gasteiger partial charge in [-0.15, -0.1) is 0 Å². The number of benzene rings is 4. The van der Waals surface area contributed by atoms with Gasteiger partial charge in [-0.2, -0.15) is 9.78 Å². The van der Waals surface area contributed by atoms with Gasteiger partial charge in [0.05, 0.1) is 24.2 Å². The third kappa shape index (κ3) is 4.92. The number of para-hydroxylation sites is 2. The van der Waals surface area contributed by atoms with E-state index in [2.05, 4.69) is 5.10 Å². The molecule has 6 rings (SSSR count). The highest BCUT2D eigenvalue weighted by atomic mass is 35.5. The van der Waals surface area contributed by atoms with Crippen LogP contribution in [-0.2, 0) is 6.61 Å². The van der Waals surface area contributed by atoms with Crippen LogP contribution in [0.2, 0.25) is 5.02 Å². The van der Waals surface area contributed by atoms with Crippen LogP contribution in [0.4, 0.5) is 4.39 Å². The van der Waals surface area contributed by atoms with Gasteiger partial charge in [0.25, 0.3) is 5.56 Å². The Morgan fingerprint density at radius 2 is 1.85 bits per heavy atom. The molecule has 0 amide bonds. The Morgan fingerprint density at radius 1 is 1.02 bits per heavy atom. The molecule has 198 valence electrons. The molecule has 6 aromatic rings. The Kier molecular flexibility index (Phi) is 6.76. The third-order valence-corrected chi connectivity index (χ3v) is 6.47. The summed E-state index contributed by atoms with van der Waals surface area (Å²) in [6, 6.07) is 25.7. The first-order chi connectivity index (χ1) is 19.5. The number of rotatable bonds is 7. The predicted octanol–water partition coefficient (Wildman–Crippen LogP) is 7.07. The largest absolute Gasteiger partial charge is 0.493 e. The Bertz CT molecular complexity index is 1930. The number of hydrogen-bond donors (Lipinski definition) is 0. The number of halogens is 2. The fourth-order valence-electron chi connectivity index (χ4n) is 4.38. The maximum absolute atomic E-state index is 13.7. The van der Waals surface area contributed by atoms with Crippen LogP contribution in [0, 0.1) is 5.82 Å². The van der Waals surface area contributed by atoms with E-state index in [9.17, 15) is 9.18 Å². The molecule has 2 heterocycles. The van der Waals surface area contributed by atoms with E-state index in [4.69, 9.17) is 30.5 Å². The number of hydrogen-bond acceptors (Lipinski definition) is 6. The topological polar surface area (TPSA) is 78.9 Å². The standard InChI is InChI=1S/C31H21ClFN3O4/c1-38-27-16-22(32)14-21(29(27)39-18-19-7-6-9-23(33)13-19)17-34-36-30(28-15-20-8-2-5-12-26(20)40-28)35-25-11-4-3-10-24(25)31(36)37/h2-17H,18H2,1H3. The van der Waals surface area contributed by atoms with Crippen molar-refractivity contribution in [1.29, 1.82) is 0 Å². The lowest BCUT2D eigenvalue weighted by molar-refractivity contribution is 0.283. The molecule has 0 spiro atoms. The lowest BCUT2D eigenvalue weighted by atomic mass is 10.2. The Morgan fingerprint density at radius 3 is 2.67 bits per heavy atom. The molecule has 0 saturated heterocycles. The number of aromatic nitrogens is 2. The molecule has 0 aliphatic heterocycles. The van der Waals surface area contributed by atoms with Gasteiger partial charge < -0.3 is 13.9 Å². The summed E-state index contributed by atoms with van der Waals surface area (Å²) < 4.78 is 32.5. The van der Waals surface area contributed by atoms with E-state index < -0.39 is 0 Å². The zero-order valence-corrected chi connectivity index (χ0v) is 21.9. The molecule has 0 N–H and O–H groups in total. The van der Waals surface area contributed by atoms with Crippen LogP contribution in [0.3, 0.4) is 0 Å². The van der Waals surface area contributed by atoms with E-state index in [1.54, 1.807) is 42.5 Å². The van der Waals surface area contributed by atoms with Gasteiger partial charge in [-0.3, -0.25) is 4.79 Å². The molecule has 0 unspecified atom stereocenters. The van der Waals surface area contributed by atoms with E-state index in [0.717, 1.165) is 5.39 Å². The lowest BCUT2D eigenvalue weighted by Crippen LogP contribution is -2.20. The fourth-order valence-corrected chi connectivity index (χ4v) is 4.59. The summed E-state index contributed by atoms with van der Waals surface area (Å²) >= 11 is 6.36. The first-order valence-electron chi connectivity index (χ1n) is 12.3. The number of ether oxygens (including phenoxy) is 2. The van der Waals surface area contributed by atoms with Crippen molar-refractivity contribution < 1.29 is 18.3 Å². The zero-order valence-electron chi connectivity index (χ0n) is 21.2. The molecule has 4 aromatic carbocycles. The van der Waals surface area contributed by atoms with Crippen molar-refractivity contribution in [3.63, 3.8) is 0 Å². The first-order valence-corrected chi connectivity index (χ1v) is 12.7. The van der Waals surface area contributed by atoms with Crippen LogP contribution in [0.5, 0.6) is 11.5 Å². The molecule has 0 saturated carbocycles. The quantitative estimate of drug-likeness (QED) is 0.198. The number of fused-ring (bicyclic) bond motifs is 2. The molecule has 0 aliphatic carbocycles. The van der Waals surface area contributed by atoms with Crippen molar-refractivity contribution >= 4 is 39.7 Å². The molecular formula is C31H21ClFN3O4. The molecule has 0 bridgehead atoms. The monoisotopic (exact) mass is 553 g/mol. The van der Waals surface area contributed by atoms with Crippen LogP contribution in [-0.4, -0.2) is 23.0 Å². The molecule has 9 heteroatoms. The highest BCUT2D eigenvalue weighted by molar-refractivity contribution is 6.31. The smallest absolute Gasteiger partial charge is 0.282 e. The molecule has 2 aromatic heterocycles. The van der Waals surface area contributed by atoms with Crippen molar-refractivity contribution in [2.24, 2.45) is 5.10 Å². The molecular weight excluding hydrogens is 533 g/mol. The average molecular weight is 554 g/mol. The highest BCUT2D eigenvalue weighted by Crippen LogP contribution is 2.35. The van der Waals surface area contributed by atoms with Gasteiger partial charge in [-0.05, 0) is 48.0 Å². The average Bonchev–Trinajstić information content (AvgIpc) is 3.40. The van der Waals surface area contributed by atoms with E-state index in [1.807, 2.05) is 36.4 Å². The van der Waals surface area contributed by atoms with Gasteiger partial charge in [-0.1, -0.05) is 54.1 Å². The molecule has 40 heavy (non-hydrogen) atoms. The van der Waals surface area contributed by atoms with Gasteiger partial charge in [0, 0.05) is 22.0 Å². The minimum absolute atomic E-state index is 0.0678. The van der Waals surface area contributed by atoms with E-state index in [-0.39, 0.29) is 23.8 Å². The van der Waals surface area contributed by atoms with Crippen LogP contribution < -0.4 is 15.0 Å². The van der Waals surface area contributed by atoms with E-state index >= 15 is 0 Å². The van der Waals surface area contributed by atoms with Crippen molar-refractivity contribution in [2.75, 3.05) is 7.11 Å². The second kappa shape index (κ2) is 10.7. The minimum atomic E-state index is -0.381. The summed E-state index contributed by atoms with van der Waals surface area (Å²) in [6.07, 6.45) is 1.44. The number of nitrogens with zero attached hydrogens (tertiary/aromatic N) is 3. The summed E-state index contributed by atoms with van der Waals surface area (Å²) in [6.45, 7) is 0.0678. The molecule has 0 aliphatic rings. The van der Waals surface area contributed by atoms with Crippen molar-refractivity contribution in [2.45, 2.75) is 6.61 Å². The predicted molar refractivity (Wildman–Crippen MR) is 153 cm³/mol. The maximum Gasteiger partial charge on any atom is 0.282 e. The van der Waals surface area contributed by atoms with E-state index in [0.29, 0.717) is 49.9 Å². The second-order valence-corrected chi connectivity index (χ2v) is 9.34. The second-order valence-electron chi connectivity index (χ2n) is 8.91. The van der Waals surface area contributed by atoms with Crippen molar-refractivity contribution in [3.05, 3.63) is 123 Å². The summed E-state index contributed by atoms with van der Waals surface area (Å²) in [7, 11) is 1.49. The van der Waals surface area contributed by atoms with Crippen LogP contribution in [0.15, 0.2) is 105 Å². The van der Waals surface area contributed by atoms with Crippen LogP contribution in [0.1, 0.15) is 11.1 Å². The summed E-state index contributed by atoms with van der Waals surface area (Å²) in [4.78, 5) is 18.3. The molecule has 0 fully saturated rings. The van der Waals surface area contributed by atoms with Crippen molar-refractivity contribution in [3.8, 4) is 23.1 Å². The van der Waals surface area contributed by atoms with Gasteiger partial charge in [0.1, 0.15) is 18.0 Å². The lowest BCUT2D eigenvalue weighted by Gasteiger charge is -2.14. The molecule has 0 radical (unpaired) electrons. The maximum atomic E-state index is 13.7. The van der Waals surface area contributed by atoms with Gasteiger partial charge in [-0.25, -0.2) is 9.37 Å². The molecule has 0 atom stereocenters. The normalized spacial score (nSPS) is 11.5. The summed E-state index contributed by atoms with van der Waals surface area (Å²) in [5, 5.41) is 6.15. The van der Waals surface area contributed by atoms with Gasteiger partial charge >= 0.3 is 0 Å². The SMILES string of the molecule is COc1cc(Cl)cc(C=Nn2c(-c3cc4ccccc4o3)nc3ccccc3c2=O)c1OCc1cccc(F)c1. The number of methoxy groups -OCH3 is 1. The van der Waals surface area contributed by atoms with E-state index in [1.165, 1.54) is 30.1 Å². The Hall–Kier alpha value is -4.95. The summed E-state index contributed by atoms with van der Waals surface area (Å²) in [5.41, 5.74) is 1.85. The third-order valence-electron chi connectivity index (χ3n) is 6.25. The fraction of sp³-hybridized carbons (Fsp3) is 0.0645. The zero-order chi connectivity index (χ0) is 27.6. The van der Waals surface area contributed by atoms with Gasteiger partial charge in [0.2, 0.25) is 5.82 Å². The van der Waals surface area contributed by atoms with Crippen LogP contribution in [0.25, 0.3) is 33.5 Å².